The predicted octanol–water partition coefficient (Wildman–Crippen LogP) is 3.72. The van der Waals surface area contributed by atoms with Crippen molar-refractivity contribution in [2.75, 3.05) is 6.61 Å². The predicted molar refractivity (Wildman–Crippen MR) is 82.3 cm³/mol. The minimum atomic E-state index is 0.698. The molecule has 4 rings (SSSR count). The molecule has 4 nitrogen and oxygen atoms in total. The van der Waals surface area contributed by atoms with Crippen LogP contribution in [0.4, 0.5) is 0 Å². The van der Waals surface area contributed by atoms with Crippen LogP contribution in [-0.2, 0) is 0 Å². The molecule has 3 aromatic rings. The molecule has 1 aliphatic carbocycles. The second-order valence-electron chi connectivity index (χ2n) is 5.67. The second kappa shape index (κ2) is 4.88. The van der Waals surface area contributed by atoms with E-state index in [0.717, 1.165) is 29.1 Å². The van der Waals surface area contributed by atoms with Crippen LogP contribution in [-0.4, -0.2) is 21.6 Å². The van der Waals surface area contributed by atoms with Crippen molar-refractivity contribution in [3.8, 4) is 17.0 Å². The molecule has 0 amide bonds. The molecule has 21 heavy (non-hydrogen) atoms. The van der Waals surface area contributed by atoms with E-state index < -0.39 is 0 Å². The minimum absolute atomic E-state index is 0.698. The lowest BCUT2D eigenvalue weighted by Crippen LogP contribution is -2.04. The highest BCUT2D eigenvalue weighted by molar-refractivity contribution is 5.85. The van der Waals surface area contributed by atoms with E-state index in [-0.39, 0.29) is 0 Å². The Morgan fingerprint density at radius 3 is 3.05 bits per heavy atom. The third-order valence-electron chi connectivity index (χ3n) is 3.89. The average Bonchev–Trinajstić information content (AvgIpc) is 3.20. The first-order valence-electron chi connectivity index (χ1n) is 7.33. The Hall–Kier alpha value is -2.36. The Bertz CT molecular complexity index is 790. The van der Waals surface area contributed by atoms with Gasteiger partial charge in [0.25, 0.3) is 0 Å². The van der Waals surface area contributed by atoms with Gasteiger partial charge in [0.1, 0.15) is 5.82 Å². The van der Waals surface area contributed by atoms with Gasteiger partial charge in [0.15, 0.2) is 0 Å². The first kappa shape index (κ1) is 12.4. The quantitative estimate of drug-likeness (QED) is 0.791. The van der Waals surface area contributed by atoms with Crippen LogP contribution in [0.15, 0.2) is 36.7 Å². The van der Waals surface area contributed by atoms with E-state index >= 15 is 0 Å². The van der Waals surface area contributed by atoms with Crippen molar-refractivity contribution < 1.29 is 4.74 Å². The minimum Gasteiger partial charge on any atom is -0.477 e. The summed E-state index contributed by atoms with van der Waals surface area (Å²) in [5.74, 6) is 2.15. The number of aryl methyl sites for hydroxylation is 1. The number of aromatic amines is 1. The molecule has 1 aromatic carbocycles. The van der Waals surface area contributed by atoms with Gasteiger partial charge >= 0.3 is 0 Å². The van der Waals surface area contributed by atoms with Gasteiger partial charge < -0.3 is 9.72 Å². The third kappa shape index (κ3) is 2.49. The maximum absolute atomic E-state index is 5.93. The fourth-order valence-corrected chi connectivity index (χ4v) is 2.46. The molecular formula is C17H17N3O. The topological polar surface area (TPSA) is 50.8 Å². The van der Waals surface area contributed by atoms with Crippen LogP contribution in [0.3, 0.4) is 0 Å². The van der Waals surface area contributed by atoms with Gasteiger partial charge in [-0.25, -0.2) is 4.98 Å². The molecule has 0 aliphatic heterocycles. The summed E-state index contributed by atoms with van der Waals surface area (Å²) in [4.78, 5) is 12.0. The van der Waals surface area contributed by atoms with Crippen LogP contribution in [0, 0.1) is 12.8 Å². The molecule has 0 saturated heterocycles. The van der Waals surface area contributed by atoms with Crippen molar-refractivity contribution in [3.05, 3.63) is 42.5 Å². The van der Waals surface area contributed by atoms with E-state index in [1.807, 2.05) is 19.3 Å². The molecule has 106 valence electrons. The molecule has 0 bridgehead atoms. The van der Waals surface area contributed by atoms with E-state index in [1.165, 1.54) is 18.2 Å². The Morgan fingerprint density at radius 2 is 2.19 bits per heavy atom. The number of benzene rings is 1. The lowest BCUT2D eigenvalue weighted by Gasteiger charge is -2.10. The normalized spacial score (nSPS) is 14.5. The van der Waals surface area contributed by atoms with Gasteiger partial charge in [-0.15, -0.1) is 0 Å². The van der Waals surface area contributed by atoms with Gasteiger partial charge in [0.2, 0.25) is 5.88 Å². The molecule has 1 N–H and O–H groups in total. The molecule has 1 fully saturated rings. The average molecular weight is 279 g/mol. The van der Waals surface area contributed by atoms with Gasteiger partial charge in [-0.05, 0) is 54.8 Å². The monoisotopic (exact) mass is 279 g/mol. The molecule has 0 unspecified atom stereocenters. The van der Waals surface area contributed by atoms with Crippen LogP contribution in [0.2, 0.25) is 0 Å². The molecule has 4 heteroatoms. The largest absolute Gasteiger partial charge is 0.477 e. The summed E-state index contributed by atoms with van der Waals surface area (Å²) in [7, 11) is 0. The number of aromatic nitrogens is 3. The van der Waals surface area contributed by atoms with E-state index in [9.17, 15) is 0 Å². The van der Waals surface area contributed by atoms with E-state index in [2.05, 4.69) is 39.2 Å². The van der Waals surface area contributed by atoms with Crippen LogP contribution in [0.25, 0.3) is 22.0 Å². The molecular weight excluding hydrogens is 262 g/mol. The zero-order chi connectivity index (χ0) is 14.2. The van der Waals surface area contributed by atoms with Gasteiger partial charge in [-0.3, -0.25) is 0 Å². The van der Waals surface area contributed by atoms with Crippen molar-refractivity contribution in [2.45, 2.75) is 19.8 Å². The molecule has 2 aromatic heterocycles. The number of nitrogens with zero attached hydrogens (tertiary/aromatic N) is 2. The van der Waals surface area contributed by atoms with E-state index in [0.29, 0.717) is 11.8 Å². The number of H-pyrrole nitrogens is 1. The smallest absolute Gasteiger partial charge is 0.224 e. The van der Waals surface area contributed by atoms with Crippen molar-refractivity contribution in [3.63, 3.8) is 0 Å². The van der Waals surface area contributed by atoms with Gasteiger partial charge in [-0.1, -0.05) is 6.07 Å². The zero-order valence-corrected chi connectivity index (χ0v) is 12.0. The Morgan fingerprint density at radius 1 is 1.29 bits per heavy atom. The lowest BCUT2D eigenvalue weighted by atomic mass is 10.1. The van der Waals surface area contributed by atoms with Gasteiger partial charge in [0.05, 0.1) is 12.2 Å². The fraction of sp³-hybridized carbons (Fsp3) is 0.294. The highest BCUT2D eigenvalue weighted by Crippen LogP contribution is 2.33. The zero-order valence-electron chi connectivity index (χ0n) is 12.0. The maximum Gasteiger partial charge on any atom is 0.224 e. The molecule has 1 aliphatic rings. The van der Waals surface area contributed by atoms with Gasteiger partial charge in [0, 0.05) is 17.9 Å². The number of rotatable bonds is 4. The van der Waals surface area contributed by atoms with Gasteiger partial charge in [-0.2, -0.15) is 4.98 Å². The Balaban J connectivity index is 1.74. The molecule has 0 spiro atoms. The number of hydrogen-bond donors (Lipinski definition) is 1. The summed E-state index contributed by atoms with van der Waals surface area (Å²) >= 11 is 0. The lowest BCUT2D eigenvalue weighted by molar-refractivity contribution is 0.288. The Labute approximate surface area is 123 Å². The summed E-state index contributed by atoms with van der Waals surface area (Å²) in [6, 6.07) is 8.37. The Kier molecular flexibility index (Phi) is 2.88. The van der Waals surface area contributed by atoms with E-state index in [4.69, 9.17) is 4.74 Å². The molecule has 1 saturated carbocycles. The summed E-state index contributed by atoms with van der Waals surface area (Å²) < 4.78 is 5.93. The van der Waals surface area contributed by atoms with Crippen molar-refractivity contribution in [1.29, 1.82) is 0 Å². The summed E-state index contributed by atoms with van der Waals surface area (Å²) in [5.41, 5.74) is 3.18. The summed E-state index contributed by atoms with van der Waals surface area (Å²) in [6.07, 6.45) is 6.35. The SMILES string of the molecule is Cc1ncc(-c2ccc3[nH]ccc3c2)c(OCC2CC2)n1. The van der Waals surface area contributed by atoms with Crippen LogP contribution >= 0.6 is 0 Å². The highest BCUT2D eigenvalue weighted by Gasteiger charge is 2.23. The molecule has 0 atom stereocenters. The summed E-state index contributed by atoms with van der Waals surface area (Å²) in [5, 5.41) is 1.18. The third-order valence-corrected chi connectivity index (χ3v) is 3.89. The first-order valence-corrected chi connectivity index (χ1v) is 7.33. The fourth-order valence-electron chi connectivity index (χ4n) is 2.46. The maximum atomic E-state index is 5.93. The number of hydrogen-bond acceptors (Lipinski definition) is 3. The van der Waals surface area contributed by atoms with Crippen molar-refractivity contribution in [1.82, 2.24) is 15.0 Å². The van der Waals surface area contributed by atoms with Crippen molar-refractivity contribution >= 4 is 10.9 Å². The first-order chi connectivity index (χ1) is 10.3. The van der Waals surface area contributed by atoms with Crippen LogP contribution < -0.4 is 4.74 Å². The van der Waals surface area contributed by atoms with E-state index in [1.54, 1.807) is 0 Å². The van der Waals surface area contributed by atoms with Crippen molar-refractivity contribution in [2.24, 2.45) is 5.92 Å². The van der Waals surface area contributed by atoms with Crippen LogP contribution in [0.5, 0.6) is 5.88 Å². The second-order valence-corrected chi connectivity index (χ2v) is 5.67. The number of fused-ring (bicyclic) bond motifs is 1. The summed E-state index contributed by atoms with van der Waals surface area (Å²) in [6.45, 7) is 2.65. The molecule has 0 radical (unpaired) electrons. The number of nitrogens with one attached hydrogen (secondary N) is 1. The molecule has 2 heterocycles. The standard InChI is InChI=1S/C17H17N3O/c1-11-19-9-15(17(20-11)21-10-12-2-3-12)13-4-5-16-14(8-13)6-7-18-16/h4-9,12,18H,2-3,10H2,1H3. The number of ether oxygens (including phenoxy) is 1. The van der Waals surface area contributed by atoms with Crippen LogP contribution in [0.1, 0.15) is 18.7 Å². The highest BCUT2D eigenvalue weighted by atomic mass is 16.5.